The predicted molar refractivity (Wildman–Crippen MR) is 83.1 cm³/mol. The lowest BCUT2D eigenvalue weighted by molar-refractivity contribution is 0.304. The van der Waals surface area contributed by atoms with E-state index >= 15 is 0 Å². The van der Waals surface area contributed by atoms with Crippen LogP contribution < -0.4 is 10.5 Å². The van der Waals surface area contributed by atoms with Gasteiger partial charge in [-0.1, -0.05) is 56.7 Å². The van der Waals surface area contributed by atoms with E-state index in [1.807, 2.05) is 18.2 Å². The zero-order valence-electron chi connectivity index (χ0n) is 12.0. The summed E-state index contributed by atoms with van der Waals surface area (Å²) < 4.78 is 5.71. The molecule has 0 heterocycles. The number of nitrogens with two attached hydrogens (primary N) is 1. The van der Waals surface area contributed by atoms with Crippen LogP contribution in [0.15, 0.2) is 18.2 Å². The second-order valence-corrected chi connectivity index (χ2v) is 5.33. The first kappa shape index (κ1) is 16.3. The predicted octanol–water partition coefficient (Wildman–Crippen LogP) is 4.58. The van der Waals surface area contributed by atoms with E-state index in [0.29, 0.717) is 11.6 Å². The van der Waals surface area contributed by atoms with Gasteiger partial charge in [0.15, 0.2) is 0 Å². The Bertz CT molecular complexity index is 355. The fourth-order valence-electron chi connectivity index (χ4n) is 2.05. The van der Waals surface area contributed by atoms with E-state index < -0.39 is 0 Å². The van der Waals surface area contributed by atoms with Crippen LogP contribution in [-0.4, -0.2) is 13.2 Å². The Morgan fingerprint density at radius 3 is 2.53 bits per heavy atom. The van der Waals surface area contributed by atoms with Crippen LogP contribution in [0.25, 0.3) is 0 Å². The fourth-order valence-corrected chi connectivity index (χ4v) is 2.31. The van der Waals surface area contributed by atoms with Crippen LogP contribution in [0.3, 0.4) is 0 Å². The van der Waals surface area contributed by atoms with E-state index in [4.69, 9.17) is 22.1 Å². The van der Waals surface area contributed by atoms with Crippen LogP contribution in [0.2, 0.25) is 5.02 Å². The smallest absolute Gasteiger partial charge is 0.137 e. The molecular weight excluding hydrogens is 258 g/mol. The van der Waals surface area contributed by atoms with Gasteiger partial charge < -0.3 is 10.5 Å². The molecule has 19 heavy (non-hydrogen) atoms. The second-order valence-electron chi connectivity index (χ2n) is 4.92. The minimum absolute atomic E-state index is 0.647. The molecule has 0 bridgehead atoms. The van der Waals surface area contributed by atoms with Gasteiger partial charge in [-0.25, -0.2) is 0 Å². The first-order valence-corrected chi connectivity index (χ1v) is 7.77. The molecule has 2 N–H and O–H groups in total. The maximum absolute atomic E-state index is 6.18. The highest BCUT2D eigenvalue weighted by Gasteiger charge is 2.02. The van der Waals surface area contributed by atoms with E-state index in [2.05, 4.69) is 6.92 Å². The molecule has 0 radical (unpaired) electrons. The molecule has 0 unspecified atom stereocenters. The Kier molecular flexibility index (Phi) is 8.68. The van der Waals surface area contributed by atoms with E-state index in [9.17, 15) is 0 Å². The highest BCUT2D eigenvalue weighted by molar-refractivity contribution is 6.32. The summed E-state index contributed by atoms with van der Waals surface area (Å²) in [6, 6.07) is 5.94. The fraction of sp³-hybridized carbons (Fsp3) is 0.625. The Labute approximate surface area is 122 Å². The summed E-state index contributed by atoms with van der Waals surface area (Å²) in [6.45, 7) is 3.63. The second kappa shape index (κ2) is 10.1. The lowest BCUT2D eigenvalue weighted by Crippen LogP contribution is -2.03. The first-order valence-electron chi connectivity index (χ1n) is 7.39. The van der Waals surface area contributed by atoms with E-state index in [1.165, 1.54) is 37.7 Å². The van der Waals surface area contributed by atoms with Crippen LogP contribution in [-0.2, 0) is 6.42 Å². The minimum atomic E-state index is 0.647. The van der Waals surface area contributed by atoms with Gasteiger partial charge in [0, 0.05) is 0 Å². The van der Waals surface area contributed by atoms with Gasteiger partial charge in [-0.2, -0.15) is 0 Å². The molecule has 0 spiro atoms. The SMILES string of the molecule is CCCCCCCCOc1ccc(CCN)cc1Cl. The molecule has 0 fully saturated rings. The number of rotatable bonds is 10. The maximum atomic E-state index is 6.18. The molecule has 0 aliphatic carbocycles. The van der Waals surface area contributed by atoms with Gasteiger partial charge in [0.05, 0.1) is 11.6 Å². The highest BCUT2D eigenvalue weighted by Crippen LogP contribution is 2.25. The van der Waals surface area contributed by atoms with Crippen molar-refractivity contribution in [2.75, 3.05) is 13.2 Å². The maximum Gasteiger partial charge on any atom is 0.137 e. The quantitative estimate of drug-likeness (QED) is 0.638. The van der Waals surface area contributed by atoms with Crippen LogP contribution in [0.4, 0.5) is 0 Å². The third-order valence-electron chi connectivity index (χ3n) is 3.18. The summed E-state index contributed by atoms with van der Waals surface area (Å²) in [7, 11) is 0. The summed E-state index contributed by atoms with van der Waals surface area (Å²) in [5, 5.41) is 0.692. The molecule has 2 nitrogen and oxygen atoms in total. The Morgan fingerprint density at radius 2 is 1.84 bits per heavy atom. The standard InChI is InChI=1S/C16H26ClNO/c1-2-3-4-5-6-7-12-19-16-9-8-14(10-11-18)13-15(16)17/h8-9,13H,2-7,10-12,18H2,1H3. The van der Waals surface area contributed by atoms with Crippen LogP contribution in [0.1, 0.15) is 51.0 Å². The summed E-state index contributed by atoms with van der Waals surface area (Å²) >= 11 is 6.18. The van der Waals surface area contributed by atoms with Gasteiger partial charge in [0.2, 0.25) is 0 Å². The number of ether oxygens (including phenoxy) is 1. The number of benzene rings is 1. The van der Waals surface area contributed by atoms with Crippen molar-refractivity contribution in [1.29, 1.82) is 0 Å². The minimum Gasteiger partial charge on any atom is -0.492 e. The molecule has 0 amide bonds. The highest BCUT2D eigenvalue weighted by atomic mass is 35.5. The molecule has 0 atom stereocenters. The first-order chi connectivity index (χ1) is 9.27. The van der Waals surface area contributed by atoms with Crippen molar-refractivity contribution < 1.29 is 4.74 Å². The summed E-state index contributed by atoms with van der Waals surface area (Å²) in [4.78, 5) is 0. The van der Waals surface area contributed by atoms with Gasteiger partial charge in [-0.05, 0) is 37.1 Å². The normalized spacial score (nSPS) is 10.7. The average molecular weight is 284 g/mol. The molecular formula is C16H26ClNO. The molecule has 108 valence electrons. The van der Waals surface area contributed by atoms with Gasteiger partial charge in [0.1, 0.15) is 5.75 Å². The van der Waals surface area contributed by atoms with Crippen molar-refractivity contribution in [2.45, 2.75) is 51.9 Å². The molecule has 0 aliphatic rings. The van der Waals surface area contributed by atoms with Crippen molar-refractivity contribution in [3.8, 4) is 5.75 Å². The molecule has 0 saturated carbocycles. The van der Waals surface area contributed by atoms with Crippen molar-refractivity contribution in [1.82, 2.24) is 0 Å². The monoisotopic (exact) mass is 283 g/mol. The van der Waals surface area contributed by atoms with Crippen LogP contribution >= 0.6 is 11.6 Å². The van der Waals surface area contributed by atoms with Gasteiger partial charge in [-0.3, -0.25) is 0 Å². The largest absolute Gasteiger partial charge is 0.492 e. The van der Waals surface area contributed by atoms with E-state index in [1.54, 1.807) is 0 Å². The van der Waals surface area contributed by atoms with E-state index in [-0.39, 0.29) is 0 Å². The number of halogens is 1. The molecule has 0 aromatic heterocycles. The third-order valence-corrected chi connectivity index (χ3v) is 3.48. The molecule has 1 aromatic rings. The van der Waals surface area contributed by atoms with Crippen molar-refractivity contribution in [2.24, 2.45) is 5.73 Å². The van der Waals surface area contributed by atoms with Gasteiger partial charge in [0.25, 0.3) is 0 Å². The Balaban J connectivity index is 2.22. The van der Waals surface area contributed by atoms with Crippen molar-refractivity contribution >= 4 is 11.6 Å². The average Bonchev–Trinajstić information content (AvgIpc) is 2.40. The Hall–Kier alpha value is -0.730. The summed E-state index contributed by atoms with van der Waals surface area (Å²) in [5.74, 6) is 0.788. The molecule has 1 aromatic carbocycles. The van der Waals surface area contributed by atoms with Gasteiger partial charge >= 0.3 is 0 Å². The third kappa shape index (κ3) is 6.84. The topological polar surface area (TPSA) is 35.2 Å². The van der Waals surface area contributed by atoms with Gasteiger partial charge in [-0.15, -0.1) is 0 Å². The zero-order valence-corrected chi connectivity index (χ0v) is 12.7. The lowest BCUT2D eigenvalue weighted by atomic mass is 10.1. The molecule has 0 aliphatic heterocycles. The molecule has 1 rings (SSSR count). The van der Waals surface area contributed by atoms with Crippen molar-refractivity contribution in [3.05, 3.63) is 28.8 Å². The summed E-state index contributed by atoms with van der Waals surface area (Å²) in [6.07, 6.45) is 8.48. The van der Waals surface area contributed by atoms with Crippen LogP contribution in [0.5, 0.6) is 5.75 Å². The van der Waals surface area contributed by atoms with E-state index in [0.717, 1.165) is 25.2 Å². The Morgan fingerprint density at radius 1 is 1.11 bits per heavy atom. The zero-order chi connectivity index (χ0) is 13.9. The summed E-state index contributed by atoms with van der Waals surface area (Å²) in [5.41, 5.74) is 6.69. The van der Waals surface area contributed by atoms with Crippen molar-refractivity contribution in [3.63, 3.8) is 0 Å². The molecule has 0 saturated heterocycles. The lowest BCUT2D eigenvalue weighted by Gasteiger charge is -2.09. The number of hydrogen-bond acceptors (Lipinski definition) is 2. The number of unbranched alkanes of at least 4 members (excludes halogenated alkanes) is 5. The molecule has 3 heteroatoms. The number of hydrogen-bond donors (Lipinski definition) is 1. The van der Waals surface area contributed by atoms with Crippen LogP contribution in [0, 0.1) is 0 Å².